The van der Waals surface area contributed by atoms with Crippen molar-refractivity contribution >= 4 is 17.4 Å². The van der Waals surface area contributed by atoms with E-state index in [1.807, 2.05) is 0 Å². The summed E-state index contributed by atoms with van der Waals surface area (Å²) in [6, 6.07) is 1.75. The van der Waals surface area contributed by atoms with Gasteiger partial charge in [0.15, 0.2) is 0 Å². The van der Waals surface area contributed by atoms with Crippen molar-refractivity contribution in [3.63, 3.8) is 0 Å². The van der Waals surface area contributed by atoms with E-state index < -0.39 is 0 Å². The number of aliphatic hydroxyl groups is 1. The van der Waals surface area contributed by atoms with Gasteiger partial charge in [-0.3, -0.25) is 0 Å². The number of halogens is 1. The van der Waals surface area contributed by atoms with Crippen LogP contribution in [0.3, 0.4) is 0 Å². The third-order valence-corrected chi connectivity index (χ3v) is 2.69. The Kier molecular flexibility index (Phi) is 2.84. The molecule has 0 aliphatic carbocycles. The van der Waals surface area contributed by atoms with Crippen LogP contribution in [-0.2, 0) is 0 Å². The third-order valence-electron chi connectivity index (χ3n) is 2.49. The molecule has 1 aliphatic heterocycles. The van der Waals surface area contributed by atoms with Crippen molar-refractivity contribution in [3.05, 3.63) is 17.5 Å². The van der Waals surface area contributed by atoms with Gasteiger partial charge in [-0.1, -0.05) is 11.6 Å². The van der Waals surface area contributed by atoms with Crippen LogP contribution < -0.4 is 4.90 Å². The predicted octanol–water partition coefficient (Wildman–Crippen LogP) is 0.949. The lowest BCUT2D eigenvalue weighted by molar-refractivity contribution is 0.238. The molecule has 0 spiro atoms. The minimum Gasteiger partial charge on any atom is -0.396 e. The molecule has 1 aromatic rings. The number of hydrogen-bond acceptors (Lipinski definition) is 4. The molecule has 1 N–H and O–H groups in total. The fraction of sp³-hybridized carbons (Fsp3) is 0.556. The van der Waals surface area contributed by atoms with Crippen molar-refractivity contribution in [2.45, 2.75) is 6.42 Å². The largest absolute Gasteiger partial charge is 0.396 e. The molecule has 2 rings (SSSR count). The third kappa shape index (κ3) is 1.96. The van der Waals surface area contributed by atoms with Gasteiger partial charge in [-0.15, -0.1) is 0 Å². The maximum Gasteiger partial charge on any atom is 0.134 e. The highest BCUT2D eigenvalue weighted by atomic mass is 35.5. The van der Waals surface area contributed by atoms with Crippen LogP contribution in [0.4, 0.5) is 5.82 Å². The first-order valence-corrected chi connectivity index (χ1v) is 5.00. The van der Waals surface area contributed by atoms with E-state index in [4.69, 9.17) is 16.7 Å². The van der Waals surface area contributed by atoms with Crippen molar-refractivity contribution in [2.24, 2.45) is 5.92 Å². The van der Waals surface area contributed by atoms with Crippen LogP contribution >= 0.6 is 11.6 Å². The Labute approximate surface area is 87.5 Å². The lowest BCUT2D eigenvalue weighted by Gasteiger charge is -2.16. The molecule has 0 amide bonds. The highest BCUT2D eigenvalue weighted by Crippen LogP contribution is 2.22. The van der Waals surface area contributed by atoms with Gasteiger partial charge in [0.25, 0.3) is 0 Å². The molecule has 1 atom stereocenters. The minimum absolute atomic E-state index is 0.245. The summed E-state index contributed by atoms with van der Waals surface area (Å²) in [5.41, 5.74) is 0. The molecule has 0 unspecified atom stereocenters. The maximum atomic E-state index is 9.00. The molecule has 76 valence electrons. The Morgan fingerprint density at radius 2 is 2.43 bits per heavy atom. The smallest absolute Gasteiger partial charge is 0.134 e. The number of rotatable bonds is 2. The zero-order chi connectivity index (χ0) is 9.97. The first kappa shape index (κ1) is 9.68. The molecule has 2 heterocycles. The van der Waals surface area contributed by atoms with Gasteiger partial charge < -0.3 is 10.0 Å². The van der Waals surface area contributed by atoms with Gasteiger partial charge in [0.05, 0.1) is 0 Å². The van der Waals surface area contributed by atoms with Crippen LogP contribution in [0.5, 0.6) is 0 Å². The number of anilines is 1. The van der Waals surface area contributed by atoms with Crippen LogP contribution in [0.25, 0.3) is 0 Å². The Hall–Kier alpha value is -0.870. The summed E-state index contributed by atoms with van der Waals surface area (Å²) < 4.78 is 0. The van der Waals surface area contributed by atoms with Crippen molar-refractivity contribution < 1.29 is 5.11 Å². The van der Waals surface area contributed by atoms with Gasteiger partial charge in [0.1, 0.15) is 17.3 Å². The summed E-state index contributed by atoms with van der Waals surface area (Å²) in [5.74, 6) is 1.21. The van der Waals surface area contributed by atoms with Crippen LogP contribution in [0, 0.1) is 5.92 Å². The molecule has 14 heavy (non-hydrogen) atoms. The van der Waals surface area contributed by atoms with Crippen LogP contribution in [0.2, 0.25) is 5.15 Å². The van der Waals surface area contributed by atoms with E-state index in [1.54, 1.807) is 6.07 Å². The van der Waals surface area contributed by atoms with Gasteiger partial charge in [-0.2, -0.15) is 0 Å². The molecule has 1 fully saturated rings. The molecule has 1 aliphatic rings. The van der Waals surface area contributed by atoms with Gasteiger partial charge >= 0.3 is 0 Å². The first-order chi connectivity index (χ1) is 6.79. The highest BCUT2D eigenvalue weighted by molar-refractivity contribution is 6.29. The zero-order valence-electron chi connectivity index (χ0n) is 7.73. The zero-order valence-corrected chi connectivity index (χ0v) is 8.48. The minimum atomic E-state index is 0.245. The average molecular weight is 214 g/mol. The van der Waals surface area contributed by atoms with Crippen molar-refractivity contribution in [3.8, 4) is 0 Å². The average Bonchev–Trinajstić information content (AvgIpc) is 2.66. The van der Waals surface area contributed by atoms with Gasteiger partial charge in [0, 0.05) is 31.7 Å². The van der Waals surface area contributed by atoms with Gasteiger partial charge in [0.2, 0.25) is 0 Å². The summed E-state index contributed by atoms with van der Waals surface area (Å²) in [5, 5.41) is 9.46. The molecular weight excluding hydrogens is 202 g/mol. The molecule has 0 radical (unpaired) electrons. The Bertz CT molecular complexity index is 321. The molecule has 5 heteroatoms. The summed E-state index contributed by atoms with van der Waals surface area (Å²) in [7, 11) is 0. The first-order valence-electron chi connectivity index (χ1n) is 4.63. The lowest BCUT2D eigenvalue weighted by atomic mass is 10.1. The van der Waals surface area contributed by atoms with Crippen LogP contribution in [-0.4, -0.2) is 34.8 Å². The second kappa shape index (κ2) is 4.11. The van der Waals surface area contributed by atoms with Crippen LogP contribution in [0.15, 0.2) is 12.4 Å². The summed E-state index contributed by atoms with van der Waals surface area (Å²) in [6.45, 7) is 2.03. The molecule has 4 nitrogen and oxygen atoms in total. The molecular formula is C9H12ClN3O. The van der Waals surface area contributed by atoms with E-state index in [9.17, 15) is 0 Å². The molecule has 0 bridgehead atoms. The fourth-order valence-electron chi connectivity index (χ4n) is 1.69. The number of aromatic nitrogens is 2. The fourth-order valence-corrected chi connectivity index (χ4v) is 1.83. The van der Waals surface area contributed by atoms with E-state index in [2.05, 4.69) is 14.9 Å². The second-order valence-corrected chi connectivity index (χ2v) is 3.87. The van der Waals surface area contributed by atoms with E-state index >= 15 is 0 Å². The van der Waals surface area contributed by atoms with E-state index in [0.717, 1.165) is 25.3 Å². The quantitative estimate of drug-likeness (QED) is 0.744. The molecule has 1 saturated heterocycles. The highest BCUT2D eigenvalue weighted by Gasteiger charge is 2.22. The molecule has 0 aromatic carbocycles. The predicted molar refractivity (Wildman–Crippen MR) is 54.4 cm³/mol. The van der Waals surface area contributed by atoms with Gasteiger partial charge in [-0.05, 0) is 6.42 Å². The van der Waals surface area contributed by atoms with Gasteiger partial charge in [-0.25, -0.2) is 9.97 Å². The van der Waals surface area contributed by atoms with Crippen LogP contribution in [0.1, 0.15) is 6.42 Å². The van der Waals surface area contributed by atoms with Crippen molar-refractivity contribution in [1.29, 1.82) is 0 Å². The van der Waals surface area contributed by atoms with E-state index in [1.165, 1.54) is 6.33 Å². The molecule has 0 saturated carbocycles. The van der Waals surface area contributed by atoms with E-state index in [0.29, 0.717) is 11.1 Å². The summed E-state index contributed by atoms with van der Waals surface area (Å²) >= 11 is 5.77. The standard InChI is InChI=1S/C9H12ClN3O/c10-8-3-9(12-6-11-8)13-2-1-7(4-13)5-14/h3,6-7,14H,1-2,4-5H2/t7-/m0/s1. The molecule has 1 aromatic heterocycles. The SMILES string of the molecule is OC[C@H]1CCN(c2cc(Cl)ncn2)C1. The Morgan fingerprint density at radius 1 is 1.57 bits per heavy atom. The lowest BCUT2D eigenvalue weighted by Crippen LogP contribution is -2.21. The van der Waals surface area contributed by atoms with Crippen molar-refractivity contribution in [1.82, 2.24) is 9.97 Å². The summed E-state index contributed by atoms with van der Waals surface area (Å²) in [4.78, 5) is 10.1. The monoisotopic (exact) mass is 213 g/mol. The van der Waals surface area contributed by atoms with E-state index in [-0.39, 0.29) is 6.61 Å². The number of aliphatic hydroxyl groups excluding tert-OH is 1. The van der Waals surface area contributed by atoms with Crippen molar-refractivity contribution in [2.75, 3.05) is 24.6 Å². The summed E-state index contributed by atoms with van der Waals surface area (Å²) in [6.07, 6.45) is 2.47. The number of hydrogen-bond donors (Lipinski definition) is 1. The number of nitrogens with zero attached hydrogens (tertiary/aromatic N) is 3. The normalized spacial score (nSPS) is 21.6. The maximum absolute atomic E-state index is 9.00. The topological polar surface area (TPSA) is 49.2 Å². The second-order valence-electron chi connectivity index (χ2n) is 3.48. The Morgan fingerprint density at radius 3 is 3.07 bits per heavy atom. The Balaban J connectivity index is 2.09.